The lowest BCUT2D eigenvalue weighted by atomic mass is 10.2. The minimum Gasteiger partial charge on any atom is -0.391 e. The van der Waals surface area contributed by atoms with Crippen LogP contribution in [0.1, 0.15) is 24.1 Å². The molecule has 0 spiro atoms. The molecule has 0 saturated carbocycles. The van der Waals surface area contributed by atoms with Crippen LogP contribution < -0.4 is 4.90 Å². The van der Waals surface area contributed by atoms with Crippen molar-refractivity contribution in [2.45, 2.75) is 31.8 Å². The van der Waals surface area contributed by atoms with Gasteiger partial charge in [-0.25, -0.2) is 4.98 Å². The molecule has 15 heavy (non-hydrogen) atoms. The first-order valence-corrected chi connectivity index (χ1v) is 5.75. The average molecular weight is 204 g/mol. The summed E-state index contributed by atoms with van der Waals surface area (Å²) in [7, 11) is 0. The van der Waals surface area contributed by atoms with Gasteiger partial charge in [0.25, 0.3) is 0 Å². The molecule has 2 aliphatic rings. The lowest BCUT2D eigenvalue weighted by Gasteiger charge is -2.17. The first-order valence-electron chi connectivity index (χ1n) is 5.75. The standard InChI is InChI=1S/C12H16N2O/c15-10-6-7-14(8-10)12-5-4-9-2-1-3-11(9)13-12/h4-5,10,15H,1-3,6-8H2. The van der Waals surface area contributed by atoms with Gasteiger partial charge in [0.15, 0.2) is 0 Å². The molecule has 80 valence electrons. The summed E-state index contributed by atoms with van der Waals surface area (Å²) in [5, 5.41) is 9.48. The van der Waals surface area contributed by atoms with E-state index in [9.17, 15) is 5.11 Å². The number of aliphatic hydroxyl groups is 1. The van der Waals surface area contributed by atoms with E-state index in [1.165, 1.54) is 24.1 Å². The van der Waals surface area contributed by atoms with Gasteiger partial charge in [0.05, 0.1) is 6.10 Å². The second kappa shape index (κ2) is 3.49. The van der Waals surface area contributed by atoms with Crippen molar-refractivity contribution in [3.05, 3.63) is 23.4 Å². The molecule has 0 radical (unpaired) electrons. The molecule has 1 atom stereocenters. The number of β-amino-alcohol motifs (C(OH)–C–C–N with tert-alkyl or cyclic N) is 1. The van der Waals surface area contributed by atoms with Crippen LogP contribution in [0.4, 0.5) is 5.82 Å². The molecule has 0 aromatic carbocycles. The van der Waals surface area contributed by atoms with Crippen molar-refractivity contribution in [2.24, 2.45) is 0 Å². The van der Waals surface area contributed by atoms with Gasteiger partial charge in [-0.1, -0.05) is 6.07 Å². The molecule has 1 unspecified atom stereocenters. The van der Waals surface area contributed by atoms with Crippen molar-refractivity contribution in [2.75, 3.05) is 18.0 Å². The van der Waals surface area contributed by atoms with Crippen LogP contribution in [0.5, 0.6) is 0 Å². The minimum atomic E-state index is -0.167. The lowest BCUT2D eigenvalue weighted by Crippen LogP contribution is -2.22. The number of pyridine rings is 1. The topological polar surface area (TPSA) is 36.4 Å². The van der Waals surface area contributed by atoms with Crippen LogP contribution in [-0.4, -0.2) is 29.3 Å². The molecular formula is C12H16N2O. The maximum Gasteiger partial charge on any atom is 0.128 e. The fourth-order valence-electron chi connectivity index (χ4n) is 2.54. The van der Waals surface area contributed by atoms with Crippen LogP contribution in [0, 0.1) is 0 Å². The highest BCUT2D eigenvalue weighted by atomic mass is 16.3. The highest BCUT2D eigenvalue weighted by molar-refractivity contribution is 5.44. The van der Waals surface area contributed by atoms with E-state index in [1.807, 2.05) is 0 Å². The van der Waals surface area contributed by atoms with Crippen LogP contribution >= 0.6 is 0 Å². The first kappa shape index (κ1) is 9.16. The van der Waals surface area contributed by atoms with Gasteiger partial charge in [0, 0.05) is 18.8 Å². The molecule has 1 aromatic rings. The highest BCUT2D eigenvalue weighted by Crippen LogP contribution is 2.25. The number of aliphatic hydroxyl groups excluding tert-OH is 1. The Bertz CT molecular complexity index is 378. The highest BCUT2D eigenvalue weighted by Gasteiger charge is 2.22. The fourth-order valence-corrected chi connectivity index (χ4v) is 2.54. The molecule has 3 nitrogen and oxygen atoms in total. The molecular weight excluding hydrogens is 188 g/mol. The number of rotatable bonds is 1. The molecule has 0 amide bonds. The monoisotopic (exact) mass is 204 g/mol. The van der Waals surface area contributed by atoms with E-state index in [0.717, 1.165) is 31.7 Å². The zero-order valence-corrected chi connectivity index (χ0v) is 8.82. The van der Waals surface area contributed by atoms with Gasteiger partial charge in [-0.05, 0) is 37.3 Å². The van der Waals surface area contributed by atoms with Crippen LogP contribution in [0.15, 0.2) is 12.1 Å². The van der Waals surface area contributed by atoms with Crippen LogP contribution in [0.3, 0.4) is 0 Å². The van der Waals surface area contributed by atoms with E-state index in [-0.39, 0.29) is 6.10 Å². The van der Waals surface area contributed by atoms with Crippen LogP contribution in [0.25, 0.3) is 0 Å². The molecule has 1 fully saturated rings. The van der Waals surface area contributed by atoms with Gasteiger partial charge in [0.2, 0.25) is 0 Å². The first-order chi connectivity index (χ1) is 7.33. The molecule has 1 aliphatic carbocycles. The summed E-state index contributed by atoms with van der Waals surface area (Å²) in [6.45, 7) is 1.68. The van der Waals surface area contributed by atoms with E-state index in [0.29, 0.717) is 0 Å². The molecule has 1 aliphatic heterocycles. The van der Waals surface area contributed by atoms with Gasteiger partial charge >= 0.3 is 0 Å². The summed E-state index contributed by atoms with van der Waals surface area (Å²) in [6.07, 6.45) is 4.26. The summed E-state index contributed by atoms with van der Waals surface area (Å²) in [5.74, 6) is 1.05. The predicted molar refractivity (Wildman–Crippen MR) is 59.1 cm³/mol. The Morgan fingerprint density at radius 3 is 3.07 bits per heavy atom. The van der Waals surface area contributed by atoms with E-state index >= 15 is 0 Å². The van der Waals surface area contributed by atoms with Crippen molar-refractivity contribution in [1.82, 2.24) is 4.98 Å². The van der Waals surface area contributed by atoms with E-state index in [1.54, 1.807) is 0 Å². The van der Waals surface area contributed by atoms with E-state index < -0.39 is 0 Å². The third-order valence-electron chi connectivity index (χ3n) is 3.40. The lowest BCUT2D eigenvalue weighted by molar-refractivity contribution is 0.198. The molecule has 1 N–H and O–H groups in total. The Labute approximate surface area is 89.7 Å². The molecule has 3 heteroatoms. The third-order valence-corrected chi connectivity index (χ3v) is 3.40. The normalized spacial score (nSPS) is 24.6. The molecule has 2 heterocycles. The smallest absolute Gasteiger partial charge is 0.128 e. The Morgan fingerprint density at radius 2 is 2.27 bits per heavy atom. The van der Waals surface area contributed by atoms with Crippen molar-refractivity contribution in [1.29, 1.82) is 0 Å². The number of aryl methyl sites for hydroxylation is 2. The summed E-state index contributed by atoms with van der Waals surface area (Å²) in [5.41, 5.74) is 2.69. The van der Waals surface area contributed by atoms with Gasteiger partial charge in [0.1, 0.15) is 5.82 Å². The molecule has 3 rings (SSSR count). The van der Waals surface area contributed by atoms with Crippen molar-refractivity contribution in [3.63, 3.8) is 0 Å². The van der Waals surface area contributed by atoms with E-state index in [4.69, 9.17) is 0 Å². The molecule has 1 saturated heterocycles. The van der Waals surface area contributed by atoms with Gasteiger partial charge in [-0.2, -0.15) is 0 Å². The largest absolute Gasteiger partial charge is 0.391 e. The summed E-state index contributed by atoms with van der Waals surface area (Å²) in [4.78, 5) is 6.87. The molecule has 0 bridgehead atoms. The Hall–Kier alpha value is -1.09. The van der Waals surface area contributed by atoms with Crippen molar-refractivity contribution < 1.29 is 5.11 Å². The van der Waals surface area contributed by atoms with Gasteiger partial charge < -0.3 is 10.0 Å². The third kappa shape index (κ3) is 1.61. The second-order valence-electron chi connectivity index (χ2n) is 4.52. The fraction of sp³-hybridized carbons (Fsp3) is 0.583. The quantitative estimate of drug-likeness (QED) is 0.745. The van der Waals surface area contributed by atoms with Crippen molar-refractivity contribution in [3.8, 4) is 0 Å². The number of fused-ring (bicyclic) bond motifs is 1. The Kier molecular flexibility index (Phi) is 2.13. The summed E-state index contributed by atoms with van der Waals surface area (Å²) < 4.78 is 0. The predicted octanol–water partition coefficient (Wildman–Crippen LogP) is 1.14. The molecule has 1 aromatic heterocycles. The van der Waals surface area contributed by atoms with Crippen LogP contribution in [-0.2, 0) is 12.8 Å². The number of nitrogens with zero attached hydrogens (tertiary/aromatic N) is 2. The van der Waals surface area contributed by atoms with Gasteiger partial charge in [-0.15, -0.1) is 0 Å². The zero-order chi connectivity index (χ0) is 10.3. The average Bonchev–Trinajstić information content (AvgIpc) is 2.84. The number of aromatic nitrogens is 1. The van der Waals surface area contributed by atoms with E-state index in [2.05, 4.69) is 22.0 Å². The SMILES string of the molecule is OC1CCN(c2ccc3c(n2)CCC3)C1. The number of hydrogen-bond donors (Lipinski definition) is 1. The van der Waals surface area contributed by atoms with Crippen LogP contribution in [0.2, 0.25) is 0 Å². The Morgan fingerprint density at radius 1 is 1.33 bits per heavy atom. The van der Waals surface area contributed by atoms with Crippen molar-refractivity contribution >= 4 is 5.82 Å². The summed E-state index contributed by atoms with van der Waals surface area (Å²) in [6, 6.07) is 4.30. The minimum absolute atomic E-state index is 0.167. The number of hydrogen-bond acceptors (Lipinski definition) is 3. The maximum atomic E-state index is 9.48. The Balaban J connectivity index is 1.87. The second-order valence-corrected chi connectivity index (χ2v) is 4.52. The zero-order valence-electron chi connectivity index (χ0n) is 8.82. The number of anilines is 1. The van der Waals surface area contributed by atoms with Gasteiger partial charge in [-0.3, -0.25) is 0 Å². The maximum absolute atomic E-state index is 9.48. The summed E-state index contributed by atoms with van der Waals surface area (Å²) >= 11 is 0.